The van der Waals surface area contributed by atoms with Gasteiger partial charge >= 0.3 is 0 Å². The number of ether oxygens (including phenoxy) is 1. The highest BCUT2D eigenvalue weighted by Gasteiger charge is 2.05. The van der Waals surface area contributed by atoms with Crippen LogP contribution in [0.2, 0.25) is 0 Å². The molecule has 114 valence electrons. The lowest BCUT2D eigenvalue weighted by Crippen LogP contribution is -2.42. The molecule has 0 heterocycles. The van der Waals surface area contributed by atoms with Crippen molar-refractivity contribution in [2.24, 2.45) is 0 Å². The molecule has 2 N–H and O–H groups in total. The molecule has 0 saturated carbocycles. The first kappa shape index (κ1) is 16.0. The largest absolute Gasteiger partial charge is 0.484 e. The van der Waals surface area contributed by atoms with Crippen molar-refractivity contribution in [1.82, 2.24) is 10.6 Å². The molecule has 22 heavy (non-hydrogen) atoms. The highest BCUT2D eigenvalue weighted by Crippen LogP contribution is 2.07. The average Bonchev–Trinajstić information content (AvgIpc) is 2.55. The molecule has 0 unspecified atom stereocenters. The van der Waals surface area contributed by atoms with Crippen molar-refractivity contribution in [2.45, 2.75) is 6.42 Å². The van der Waals surface area contributed by atoms with Crippen LogP contribution in [0.4, 0.5) is 0 Å². The minimum absolute atomic E-state index is 0.0650. The quantitative estimate of drug-likeness (QED) is 0.803. The lowest BCUT2D eigenvalue weighted by molar-refractivity contribution is -0.121. The highest BCUT2D eigenvalue weighted by molar-refractivity contribution is 7.80. The first-order chi connectivity index (χ1) is 10.7. The monoisotopic (exact) mass is 314 g/mol. The normalized spacial score (nSPS) is 9.82. The number of rotatable bonds is 6. The van der Waals surface area contributed by atoms with E-state index in [4.69, 9.17) is 17.0 Å². The van der Waals surface area contributed by atoms with Crippen LogP contribution in [0.1, 0.15) is 5.56 Å². The molecule has 0 bridgehead atoms. The molecule has 2 rings (SSSR count). The first-order valence-corrected chi connectivity index (χ1v) is 7.44. The lowest BCUT2D eigenvalue weighted by atomic mass is 10.1. The van der Waals surface area contributed by atoms with Crippen molar-refractivity contribution in [2.75, 3.05) is 13.2 Å². The molecular weight excluding hydrogens is 296 g/mol. The summed E-state index contributed by atoms with van der Waals surface area (Å²) >= 11 is 5.08. The van der Waals surface area contributed by atoms with Crippen LogP contribution in [-0.2, 0) is 11.2 Å². The van der Waals surface area contributed by atoms with Crippen LogP contribution >= 0.6 is 12.2 Å². The molecule has 5 heteroatoms. The van der Waals surface area contributed by atoms with E-state index in [0.717, 1.165) is 6.42 Å². The first-order valence-electron chi connectivity index (χ1n) is 7.03. The van der Waals surface area contributed by atoms with E-state index in [-0.39, 0.29) is 12.5 Å². The molecule has 0 saturated heterocycles. The fourth-order valence-corrected chi connectivity index (χ4v) is 2.05. The number of benzene rings is 2. The van der Waals surface area contributed by atoms with Gasteiger partial charge in [0.05, 0.1) is 0 Å². The zero-order chi connectivity index (χ0) is 15.6. The van der Waals surface area contributed by atoms with Crippen molar-refractivity contribution in [3.63, 3.8) is 0 Å². The molecule has 0 aliphatic heterocycles. The highest BCUT2D eigenvalue weighted by atomic mass is 32.1. The van der Waals surface area contributed by atoms with Crippen molar-refractivity contribution in [3.8, 4) is 5.75 Å². The van der Waals surface area contributed by atoms with Gasteiger partial charge < -0.3 is 15.4 Å². The van der Waals surface area contributed by atoms with E-state index in [9.17, 15) is 4.79 Å². The number of nitrogens with one attached hydrogen (secondary N) is 2. The van der Waals surface area contributed by atoms with E-state index < -0.39 is 0 Å². The summed E-state index contributed by atoms with van der Waals surface area (Å²) in [6.07, 6.45) is 0.845. The summed E-state index contributed by atoms with van der Waals surface area (Å²) in [7, 11) is 0. The predicted molar refractivity (Wildman–Crippen MR) is 90.8 cm³/mol. The zero-order valence-corrected chi connectivity index (χ0v) is 12.9. The van der Waals surface area contributed by atoms with Crippen molar-refractivity contribution in [1.29, 1.82) is 0 Å². The molecule has 0 atom stereocenters. The van der Waals surface area contributed by atoms with Gasteiger partial charge in [0, 0.05) is 6.54 Å². The average molecular weight is 314 g/mol. The second-order valence-corrected chi connectivity index (χ2v) is 5.05. The zero-order valence-electron chi connectivity index (χ0n) is 12.1. The Labute approximate surface area is 135 Å². The van der Waals surface area contributed by atoms with E-state index in [0.29, 0.717) is 17.4 Å². The summed E-state index contributed by atoms with van der Waals surface area (Å²) < 4.78 is 5.34. The van der Waals surface area contributed by atoms with Gasteiger partial charge in [0.1, 0.15) is 5.75 Å². The topological polar surface area (TPSA) is 50.4 Å². The molecule has 0 spiro atoms. The summed E-state index contributed by atoms with van der Waals surface area (Å²) in [5.41, 5.74) is 1.22. The number of thiocarbonyl (C=S) groups is 1. The maximum Gasteiger partial charge on any atom is 0.264 e. The summed E-state index contributed by atoms with van der Waals surface area (Å²) in [6, 6.07) is 19.3. The van der Waals surface area contributed by atoms with Gasteiger partial charge in [0.2, 0.25) is 0 Å². The van der Waals surface area contributed by atoms with Crippen molar-refractivity contribution in [3.05, 3.63) is 66.2 Å². The number of hydrogen-bond acceptors (Lipinski definition) is 3. The standard InChI is InChI=1S/C17H18N2O2S/c20-16(13-21-15-9-5-2-6-10-15)19-17(22)18-12-11-14-7-3-1-4-8-14/h1-10H,11-13H2,(H2,18,19,20,22). The number of carbonyl (C=O) groups is 1. The van der Waals surface area contributed by atoms with Crippen molar-refractivity contribution >= 4 is 23.2 Å². The van der Waals surface area contributed by atoms with Gasteiger partial charge in [-0.25, -0.2) is 0 Å². The summed E-state index contributed by atoms with van der Waals surface area (Å²) in [5, 5.41) is 5.91. The van der Waals surface area contributed by atoms with Gasteiger partial charge in [-0.1, -0.05) is 48.5 Å². The molecule has 0 aliphatic rings. The predicted octanol–water partition coefficient (Wildman–Crippen LogP) is 2.30. The molecule has 0 aliphatic carbocycles. The van der Waals surface area contributed by atoms with Crippen LogP contribution in [0.3, 0.4) is 0 Å². The minimum Gasteiger partial charge on any atom is -0.484 e. The Balaban J connectivity index is 1.63. The fourth-order valence-electron chi connectivity index (χ4n) is 1.84. The lowest BCUT2D eigenvalue weighted by Gasteiger charge is -2.10. The Bertz CT molecular complexity index is 603. The van der Waals surface area contributed by atoms with Gasteiger partial charge in [0.15, 0.2) is 11.7 Å². The Morgan fingerprint density at radius 1 is 1.00 bits per heavy atom. The van der Waals surface area contributed by atoms with Crippen LogP contribution in [0.15, 0.2) is 60.7 Å². The molecular formula is C17H18N2O2S. The third-order valence-electron chi connectivity index (χ3n) is 2.91. The molecule has 0 fully saturated rings. The molecule has 0 aromatic heterocycles. The SMILES string of the molecule is O=C(COc1ccccc1)NC(=S)NCCc1ccccc1. The number of amides is 1. The van der Waals surface area contributed by atoms with Crippen LogP contribution in [0, 0.1) is 0 Å². The summed E-state index contributed by atoms with van der Waals surface area (Å²) in [4.78, 5) is 11.7. The van der Waals surface area contributed by atoms with Gasteiger partial charge in [-0.3, -0.25) is 4.79 Å². The summed E-state index contributed by atoms with van der Waals surface area (Å²) in [6.45, 7) is 0.604. The fraction of sp³-hybridized carbons (Fsp3) is 0.176. The molecule has 1 amide bonds. The number of hydrogen-bond donors (Lipinski definition) is 2. The number of carbonyl (C=O) groups excluding carboxylic acids is 1. The van der Waals surface area contributed by atoms with E-state index in [1.165, 1.54) is 5.56 Å². The second kappa shape index (κ2) is 8.79. The van der Waals surface area contributed by atoms with E-state index in [1.807, 2.05) is 36.4 Å². The smallest absolute Gasteiger partial charge is 0.264 e. The maximum absolute atomic E-state index is 11.7. The van der Waals surface area contributed by atoms with Gasteiger partial charge in [0.25, 0.3) is 5.91 Å². The van der Waals surface area contributed by atoms with Crippen LogP contribution in [0.25, 0.3) is 0 Å². The summed E-state index contributed by atoms with van der Waals surface area (Å²) in [5.74, 6) is 0.377. The second-order valence-electron chi connectivity index (χ2n) is 4.64. The van der Waals surface area contributed by atoms with Gasteiger partial charge in [-0.2, -0.15) is 0 Å². The van der Waals surface area contributed by atoms with Crippen LogP contribution in [-0.4, -0.2) is 24.2 Å². The third-order valence-corrected chi connectivity index (χ3v) is 3.15. The Morgan fingerprint density at radius 2 is 1.64 bits per heavy atom. The molecule has 2 aromatic rings. The Kier molecular flexibility index (Phi) is 6.39. The van der Waals surface area contributed by atoms with E-state index in [1.54, 1.807) is 12.1 Å². The maximum atomic E-state index is 11.7. The third kappa shape index (κ3) is 5.93. The Hall–Kier alpha value is -2.40. The molecule has 2 aromatic carbocycles. The van der Waals surface area contributed by atoms with Crippen molar-refractivity contribution < 1.29 is 9.53 Å². The van der Waals surface area contributed by atoms with E-state index >= 15 is 0 Å². The van der Waals surface area contributed by atoms with Gasteiger partial charge in [-0.15, -0.1) is 0 Å². The van der Waals surface area contributed by atoms with E-state index in [2.05, 4.69) is 22.8 Å². The van der Waals surface area contributed by atoms with Crippen LogP contribution < -0.4 is 15.4 Å². The van der Waals surface area contributed by atoms with Crippen LogP contribution in [0.5, 0.6) is 5.75 Å². The molecule has 4 nitrogen and oxygen atoms in total. The Morgan fingerprint density at radius 3 is 2.32 bits per heavy atom. The van der Waals surface area contributed by atoms with Gasteiger partial charge in [-0.05, 0) is 36.3 Å². The number of para-hydroxylation sites is 1. The molecule has 0 radical (unpaired) electrons. The minimum atomic E-state index is -0.277.